The molecule has 11 nitrogen and oxygen atoms in total. The number of hydrogen-bond acceptors (Lipinski definition) is 7. The lowest BCUT2D eigenvalue weighted by Crippen LogP contribution is -2.46. The average Bonchev–Trinajstić information content (AvgIpc) is 2.84. The molecule has 0 saturated carbocycles. The van der Waals surface area contributed by atoms with E-state index in [0.29, 0.717) is 22.6 Å². The number of ether oxygens (including phenoxy) is 1. The lowest BCUT2D eigenvalue weighted by Gasteiger charge is -2.25. The van der Waals surface area contributed by atoms with Crippen LogP contribution in [0.3, 0.4) is 0 Å². The summed E-state index contributed by atoms with van der Waals surface area (Å²) in [5, 5.41) is 23.0. The van der Waals surface area contributed by atoms with Crippen LogP contribution in [0.25, 0.3) is 10.4 Å². The first kappa shape index (κ1) is 21.0. The molecule has 0 aliphatic heterocycles. The second-order valence-corrected chi connectivity index (χ2v) is 6.42. The van der Waals surface area contributed by atoms with Crippen molar-refractivity contribution in [3.05, 3.63) is 22.6 Å². The summed E-state index contributed by atoms with van der Waals surface area (Å²) < 4.78 is 5.65. The summed E-state index contributed by atoms with van der Waals surface area (Å²) in [6.45, 7) is 6.73. The Balaban J connectivity index is 3.12. The van der Waals surface area contributed by atoms with Gasteiger partial charge in [-0.1, -0.05) is 13.3 Å². The van der Waals surface area contributed by atoms with Crippen LogP contribution in [0.4, 0.5) is 4.79 Å². The number of rotatable bonds is 7. The van der Waals surface area contributed by atoms with E-state index in [2.05, 4.69) is 10.1 Å². The van der Waals surface area contributed by atoms with Gasteiger partial charge < -0.3 is 19.8 Å². The predicted octanol–water partition coefficient (Wildman–Crippen LogP) is 2.88. The molecule has 0 saturated heterocycles. The molecule has 1 atom stereocenters. The summed E-state index contributed by atoms with van der Waals surface area (Å²) in [5.41, 5.74) is 7.88. The van der Waals surface area contributed by atoms with Gasteiger partial charge in [-0.25, -0.2) is 4.79 Å². The van der Waals surface area contributed by atoms with E-state index in [1.54, 1.807) is 20.8 Å². The zero-order valence-electron chi connectivity index (χ0n) is 15.1. The van der Waals surface area contributed by atoms with E-state index < -0.39 is 35.5 Å². The van der Waals surface area contributed by atoms with Crippen molar-refractivity contribution in [1.82, 2.24) is 9.74 Å². The molecule has 2 N–H and O–H groups in total. The minimum atomic E-state index is -1.30. The second-order valence-electron chi connectivity index (χ2n) is 6.42. The molecule has 0 bridgehead atoms. The third-order valence-electron chi connectivity index (χ3n) is 3.09. The highest BCUT2D eigenvalue weighted by Gasteiger charge is 2.39. The Labute approximate surface area is 150 Å². The summed E-state index contributed by atoms with van der Waals surface area (Å²) in [6.07, 6.45) is 0.316. The van der Waals surface area contributed by atoms with E-state index in [1.807, 2.05) is 6.92 Å². The molecule has 0 aliphatic carbocycles. The Bertz CT molecular complexity index is 670. The first-order chi connectivity index (χ1) is 12.1. The van der Waals surface area contributed by atoms with Gasteiger partial charge in [-0.15, -0.1) is 15.3 Å². The maximum atomic E-state index is 12.5. The van der Waals surface area contributed by atoms with Gasteiger partial charge in [0.05, 0.1) is 0 Å². The summed E-state index contributed by atoms with van der Waals surface area (Å²) in [6, 6.07) is 0.924. The molecule has 1 aromatic rings. The lowest BCUT2D eigenvalue weighted by molar-refractivity contribution is -0.152. The van der Waals surface area contributed by atoms with E-state index in [1.165, 1.54) is 0 Å². The molecular formula is C15H23N5O6. The number of hydrogen-bond donors (Lipinski definition) is 2. The van der Waals surface area contributed by atoms with Gasteiger partial charge in [0, 0.05) is 12.1 Å². The number of carbonyl (C=O) groups is 2. The summed E-state index contributed by atoms with van der Waals surface area (Å²) >= 11 is 0. The van der Waals surface area contributed by atoms with Crippen LogP contribution in [0.5, 0.6) is 11.8 Å². The highest BCUT2D eigenvalue weighted by atomic mass is 16.7. The number of nitrogens with zero attached hydrogens (tertiary/aromatic N) is 5. The molecule has 1 rings (SSSR count). The third-order valence-corrected chi connectivity index (χ3v) is 3.09. The van der Waals surface area contributed by atoms with Gasteiger partial charge in [0.15, 0.2) is 0 Å². The van der Waals surface area contributed by atoms with Crippen LogP contribution in [-0.2, 0) is 9.53 Å². The zero-order valence-corrected chi connectivity index (χ0v) is 15.1. The van der Waals surface area contributed by atoms with E-state index in [9.17, 15) is 19.8 Å². The van der Waals surface area contributed by atoms with Crippen molar-refractivity contribution in [2.45, 2.75) is 58.6 Å². The molecule has 0 unspecified atom stereocenters. The highest BCUT2D eigenvalue weighted by molar-refractivity contribution is 5.81. The molecule has 26 heavy (non-hydrogen) atoms. The van der Waals surface area contributed by atoms with Crippen molar-refractivity contribution in [1.29, 1.82) is 0 Å². The van der Waals surface area contributed by atoms with Gasteiger partial charge in [0.2, 0.25) is 17.8 Å². The largest absolute Gasteiger partial charge is 0.511 e. The number of amides is 1. The standard InChI is InChI=1S/C15H23N5O6/c1-5-6-7-10(13(23)26-20-11(21)8-9-12(20)22)19(18-17-16)14(24)25-15(2,3)4/h8-10,21-22H,5-7H2,1-4H3/t10-/m0/s1. The van der Waals surface area contributed by atoms with Crippen molar-refractivity contribution < 1.29 is 29.4 Å². The molecule has 0 fully saturated rings. The molecule has 144 valence electrons. The van der Waals surface area contributed by atoms with E-state index >= 15 is 0 Å². The highest BCUT2D eigenvalue weighted by Crippen LogP contribution is 2.21. The SMILES string of the molecule is CCCC[C@@H](C(=O)On1c(O)ccc1O)N(N=[N+]=[N-])C(=O)OC(C)(C)C. The zero-order chi connectivity index (χ0) is 19.9. The van der Waals surface area contributed by atoms with Crippen LogP contribution in [0.2, 0.25) is 0 Å². The van der Waals surface area contributed by atoms with Crippen molar-refractivity contribution in [2.75, 3.05) is 0 Å². The van der Waals surface area contributed by atoms with E-state index in [-0.39, 0.29) is 6.42 Å². The molecule has 1 heterocycles. The normalized spacial score (nSPS) is 12.0. The van der Waals surface area contributed by atoms with Gasteiger partial charge in [0.1, 0.15) is 5.60 Å². The topological polar surface area (TPSA) is 150 Å². The quantitative estimate of drug-likeness (QED) is 0.326. The maximum absolute atomic E-state index is 12.5. The molecule has 11 heteroatoms. The Morgan fingerprint density at radius 1 is 1.35 bits per heavy atom. The Morgan fingerprint density at radius 3 is 2.38 bits per heavy atom. The second kappa shape index (κ2) is 8.86. The Hall–Kier alpha value is -3.07. The number of aromatic nitrogens is 1. The van der Waals surface area contributed by atoms with Crippen LogP contribution in [0, 0.1) is 0 Å². The van der Waals surface area contributed by atoms with Crippen molar-refractivity contribution in [2.24, 2.45) is 5.22 Å². The lowest BCUT2D eigenvalue weighted by atomic mass is 10.1. The monoisotopic (exact) mass is 369 g/mol. The smallest absolute Gasteiger partial charge is 0.492 e. The molecular weight excluding hydrogens is 346 g/mol. The van der Waals surface area contributed by atoms with E-state index in [4.69, 9.17) is 15.1 Å². The van der Waals surface area contributed by atoms with Crippen LogP contribution < -0.4 is 4.84 Å². The predicted molar refractivity (Wildman–Crippen MR) is 89.9 cm³/mol. The van der Waals surface area contributed by atoms with Crippen molar-refractivity contribution >= 4 is 12.1 Å². The fourth-order valence-corrected chi connectivity index (χ4v) is 1.96. The van der Waals surface area contributed by atoms with Crippen LogP contribution in [0.15, 0.2) is 17.4 Å². The Morgan fingerprint density at radius 2 is 1.92 bits per heavy atom. The van der Waals surface area contributed by atoms with Gasteiger partial charge in [0.25, 0.3) is 0 Å². The molecule has 0 spiro atoms. The number of unbranched alkanes of at least 4 members (excludes halogenated alkanes) is 1. The van der Waals surface area contributed by atoms with Crippen LogP contribution in [-0.4, -0.2) is 43.7 Å². The molecule has 0 radical (unpaired) electrons. The number of carbonyl (C=O) groups excluding carboxylic acids is 2. The maximum Gasteiger partial charge on any atom is 0.511 e. The third kappa shape index (κ3) is 5.78. The fraction of sp³-hybridized carbons (Fsp3) is 0.600. The number of aromatic hydroxyl groups is 2. The van der Waals surface area contributed by atoms with Gasteiger partial charge in [-0.2, -0.15) is 9.71 Å². The summed E-state index contributed by atoms with van der Waals surface area (Å²) in [7, 11) is 0. The minimum Gasteiger partial charge on any atom is -0.492 e. The first-order valence-corrected chi connectivity index (χ1v) is 7.99. The minimum absolute atomic E-state index is 0.121. The average molecular weight is 369 g/mol. The number of azide groups is 1. The molecule has 0 aromatic carbocycles. The van der Waals surface area contributed by atoms with Gasteiger partial charge in [-0.05, 0) is 38.8 Å². The summed E-state index contributed by atoms with van der Waals surface area (Å²) in [5.74, 6) is -2.05. The first-order valence-electron chi connectivity index (χ1n) is 7.99. The molecule has 1 amide bonds. The molecule has 0 aliphatic rings. The van der Waals surface area contributed by atoms with Crippen molar-refractivity contribution in [3.8, 4) is 11.8 Å². The Kier molecular flexibility index (Phi) is 7.15. The molecule has 1 aromatic heterocycles. The van der Waals surface area contributed by atoms with Gasteiger partial charge >= 0.3 is 12.1 Å². The van der Waals surface area contributed by atoms with E-state index in [0.717, 1.165) is 12.1 Å². The summed E-state index contributed by atoms with van der Waals surface area (Å²) in [4.78, 5) is 32.3. The fourth-order valence-electron chi connectivity index (χ4n) is 1.96. The van der Waals surface area contributed by atoms with Crippen LogP contribution >= 0.6 is 0 Å². The van der Waals surface area contributed by atoms with Crippen molar-refractivity contribution in [3.63, 3.8) is 0 Å². The van der Waals surface area contributed by atoms with Crippen LogP contribution in [0.1, 0.15) is 47.0 Å². The van der Waals surface area contributed by atoms with Gasteiger partial charge in [-0.3, -0.25) is 0 Å².